The third-order valence-corrected chi connectivity index (χ3v) is 7.73. The van der Waals surface area contributed by atoms with E-state index in [1.54, 1.807) is 0 Å². The third-order valence-electron chi connectivity index (χ3n) is 6.21. The van der Waals surface area contributed by atoms with Crippen molar-refractivity contribution in [1.29, 1.82) is 0 Å². The highest BCUT2D eigenvalue weighted by Gasteiger charge is 2.34. The number of piperidine rings is 1. The fourth-order valence-corrected chi connectivity index (χ4v) is 5.93. The van der Waals surface area contributed by atoms with E-state index >= 15 is 0 Å². The van der Waals surface area contributed by atoms with Crippen LogP contribution in [0.1, 0.15) is 35.1 Å². The molecule has 0 amide bonds. The summed E-state index contributed by atoms with van der Waals surface area (Å²) >= 11 is 0. The summed E-state index contributed by atoms with van der Waals surface area (Å²) in [5.74, 6) is 0. The standard InChI is InChI=1S/C27H29F3N2O2S/c1-19-13-20(2)15-23(14-19)22-10-8-21(9-11-22)17-32-12-4-6-25(18-32)31-35(33,34)26-7-3-5-24(16-26)27(28,29)30/h3,5,7-11,13-16,25H,4,6,12,17-18H2,1-2H3,(H-,31,33,34). The van der Waals surface area contributed by atoms with Gasteiger partial charge in [-0.3, -0.25) is 4.90 Å². The summed E-state index contributed by atoms with van der Waals surface area (Å²) < 4.78 is 67.2. The molecule has 0 bridgehead atoms. The summed E-state index contributed by atoms with van der Waals surface area (Å²) in [6, 6.07) is 18.3. The maximum atomic E-state index is 13.0. The maximum absolute atomic E-state index is 13.0. The normalized spacial score (nSPS) is 18.9. The first-order chi connectivity index (χ1) is 16.5. The number of nitrogens with one attached hydrogen (secondary N) is 1. The summed E-state index contributed by atoms with van der Waals surface area (Å²) in [6.07, 6.45) is -3.16. The minimum Gasteiger partial charge on any atom is -0.593 e. The summed E-state index contributed by atoms with van der Waals surface area (Å²) in [4.78, 5) is 1.81. The van der Waals surface area contributed by atoms with Crippen molar-refractivity contribution in [2.24, 2.45) is 0 Å². The number of sulfonamides is 1. The first-order valence-electron chi connectivity index (χ1n) is 11.6. The van der Waals surface area contributed by atoms with Crippen LogP contribution < -0.4 is 4.72 Å². The molecule has 0 spiro atoms. The minimum atomic E-state index is -4.60. The molecular weight excluding hydrogens is 473 g/mol. The average molecular weight is 503 g/mol. The molecule has 1 saturated heterocycles. The molecule has 1 heterocycles. The Balaban J connectivity index is 1.40. The van der Waals surface area contributed by atoms with Crippen LogP contribution in [-0.2, 0) is 27.3 Å². The number of likely N-dealkylation sites (tertiary alicyclic amines) is 1. The number of hydrogen-bond acceptors (Lipinski definition) is 3. The molecule has 4 rings (SSSR count). The van der Waals surface area contributed by atoms with Crippen LogP contribution in [0.3, 0.4) is 0 Å². The lowest BCUT2D eigenvalue weighted by Gasteiger charge is -2.33. The van der Waals surface area contributed by atoms with Crippen LogP contribution in [0.15, 0.2) is 71.6 Å². The molecule has 1 fully saturated rings. The molecular formula is C27H29F3N2O2S. The van der Waals surface area contributed by atoms with Crippen molar-refractivity contribution in [3.63, 3.8) is 0 Å². The van der Waals surface area contributed by atoms with Crippen LogP contribution in [0.2, 0.25) is 0 Å². The molecule has 1 aliphatic rings. The molecule has 0 aliphatic carbocycles. The summed E-state index contributed by atoms with van der Waals surface area (Å²) in [5.41, 5.74) is 4.91. The lowest BCUT2D eigenvalue weighted by atomic mass is 9.99. The van der Waals surface area contributed by atoms with E-state index in [9.17, 15) is 21.9 Å². The van der Waals surface area contributed by atoms with Gasteiger partial charge in [-0.05, 0) is 62.1 Å². The second-order valence-electron chi connectivity index (χ2n) is 9.29. The Morgan fingerprint density at radius 2 is 1.69 bits per heavy atom. The Hall–Kier alpha value is -2.52. The molecule has 35 heavy (non-hydrogen) atoms. The van der Waals surface area contributed by atoms with E-state index in [0.717, 1.165) is 36.2 Å². The molecule has 3 aromatic rings. The summed E-state index contributed by atoms with van der Waals surface area (Å²) in [7, 11) is -4.06. The Bertz CT molecular complexity index is 1210. The van der Waals surface area contributed by atoms with Gasteiger partial charge in [-0.2, -0.15) is 13.2 Å². The van der Waals surface area contributed by atoms with Crippen molar-refractivity contribution in [3.8, 4) is 11.1 Å². The van der Waals surface area contributed by atoms with Gasteiger partial charge in [0, 0.05) is 19.2 Å². The van der Waals surface area contributed by atoms with E-state index in [1.807, 2.05) is 0 Å². The first kappa shape index (κ1) is 25.6. The number of alkyl halides is 3. The molecule has 2 atom stereocenters. The number of halogens is 3. The van der Waals surface area contributed by atoms with Crippen LogP contribution in [0.4, 0.5) is 13.2 Å². The number of aryl methyl sites for hydroxylation is 2. The Kier molecular flexibility index (Phi) is 7.47. The van der Waals surface area contributed by atoms with Gasteiger partial charge in [0.05, 0.1) is 11.6 Å². The van der Waals surface area contributed by atoms with Crippen LogP contribution in [0.25, 0.3) is 11.1 Å². The number of nitrogens with zero attached hydrogens (tertiary/aromatic N) is 1. The predicted molar refractivity (Wildman–Crippen MR) is 131 cm³/mol. The molecule has 186 valence electrons. The predicted octanol–water partition coefficient (Wildman–Crippen LogP) is 6.15. The van der Waals surface area contributed by atoms with Gasteiger partial charge in [0.1, 0.15) is 0 Å². The zero-order chi connectivity index (χ0) is 25.2. The van der Waals surface area contributed by atoms with Gasteiger partial charge < -0.3 is 4.55 Å². The fraction of sp³-hybridized carbons (Fsp3) is 0.333. The van der Waals surface area contributed by atoms with Gasteiger partial charge in [-0.15, -0.1) is 4.72 Å². The van der Waals surface area contributed by atoms with Gasteiger partial charge in [0.15, 0.2) is 15.3 Å². The van der Waals surface area contributed by atoms with E-state index in [2.05, 4.69) is 65.9 Å². The van der Waals surface area contributed by atoms with Gasteiger partial charge in [-0.1, -0.05) is 63.9 Å². The molecule has 0 aromatic heterocycles. The Morgan fingerprint density at radius 1 is 1.00 bits per heavy atom. The highest BCUT2D eigenvalue weighted by Crippen LogP contribution is 2.31. The molecule has 1 N–H and O–H groups in total. The van der Waals surface area contributed by atoms with Crippen molar-refractivity contribution >= 4 is 10.4 Å². The third kappa shape index (κ3) is 6.58. The number of rotatable bonds is 6. The lowest BCUT2D eigenvalue weighted by Crippen LogP contribution is -2.49. The van der Waals surface area contributed by atoms with E-state index in [0.29, 0.717) is 25.6 Å². The van der Waals surface area contributed by atoms with Crippen molar-refractivity contribution in [1.82, 2.24) is 9.62 Å². The molecule has 3 aromatic carbocycles. The average Bonchev–Trinajstić information content (AvgIpc) is 2.78. The van der Waals surface area contributed by atoms with Crippen LogP contribution in [0, 0.1) is 13.8 Å². The molecule has 0 saturated carbocycles. The number of hydrogen-bond donors (Lipinski definition) is 1. The highest BCUT2D eigenvalue weighted by atomic mass is 32.3. The molecule has 0 radical (unpaired) electrons. The van der Waals surface area contributed by atoms with Crippen molar-refractivity contribution < 1.29 is 21.9 Å². The van der Waals surface area contributed by atoms with Gasteiger partial charge >= 0.3 is 6.18 Å². The van der Waals surface area contributed by atoms with E-state index < -0.39 is 22.1 Å². The van der Waals surface area contributed by atoms with Crippen LogP contribution >= 0.6 is 0 Å². The van der Waals surface area contributed by atoms with Crippen LogP contribution in [-0.4, -0.2) is 28.6 Å². The topological polar surface area (TPSA) is 55.4 Å². The fourth-order valence-electron chi connectivity index (χ4n) is 4.62. The van der Waals surface area contributed by atoms with E-state index in [-0.39, 0.29) is 10.9 Å². The largest absolute Gasteiger partial charge is 0.593 e. The van der Waals surface area contributed by atoms with E-state index in [1.165, 1.54) is 22.8 Å². The van der Waals surface area contributed by atoms with Gasteiger partial charge in [-0.25, -0.2) is 0 Å². The SMILES string of the molecule is Cc1cc(C)cc(-c2ccc(CN3CCCC(N[S+](=O)([O-])c4cccc(C(F)(F)F)c4)C3)cc2)c1. The lowest BCUT2D eigenvalue weighted by molar-refractivity contribution is -0.137. The highest BCUT2D eigenvalue weighted by molar-refractivity contribution is 7.95. The van der Waals surface area contributed by atoms with Gasteiger partial charge in [0.2, 0.25) is 0 Å². The quantitative estimate of drug-likeness (QED) is 0.412. The van der Waals surface area contributed by atoms with Crippen molar-refractivity contribution in [2.45, 2.75) is 50.3 Å². The zero-order valence-corrected chi connectivity index (χ0v) is 20.6. The molecule has 8 heteroatoms. The summed E-state index contributed by atoms with van der Waals surface area (Å²) in [6.45, 7) is 6.17. The molecule has 1 aliphatic heterocycles. The monoisotopic (exact) mass is 502 g/mol. The van der Waals surface area contributed by atoms with Gasteiger partial charge in [0.25, 0.3) is 0 Å². The van der Waals surface area contributed by atoms with Crippen molar-refractivity contribution in [2.75, 3.05) is 13.1 Å². The Labute approximate surface area is 205 Å². The Morgan fingerprint density at radius 3 is 2.34 bits per heavy atom. The smallest absolute Gasteiger partial charge is 0.416 e. The van der Waals surface area contributed by atoms with E-state index in [4.69, 9.17) is 0 Å². The minimum absolute atomic E-state index is 0.363. The molecule has 4 nitrogen and oxygen atoms in total. The first-order valence-corrected chi connectivity index (χ1v) is 13.1. The number of benzene rings is 3. The second kappa shape index (κ2) is 10.2. The second-order valence-corrected chi connectivity index (χ2v) is 11.0. The zero-order valence-electron chi connectivity index (χ0n) is 19.8. The maximum Gasteiger partial charge on any atom is 0.416 e. The summed E-state index contributed by atoms with van der Waals surface area (Å²) in [5, 5.41) is 0. The van der Waals surface area contributed by atoms with Crippen molar-refractivity contribution in [3.05, 3.63) is 89.0 Å². The molecule has 2 unspecified atom stereocenters. The van der Waals surface area contributed by atoms with Crippen LogP contribution in [0.5, 0.6) is 0 Å².